The predicted molar refractivity (Wildman–Crippen MR) is 88.0 cm³/mol. The molecule has 0 saturated carbocycles. The van der Waals surface area contributed by atoms with Crippen LogP contribution in [0.5, 0.6) is 0 Å². The molecule has 1 amide bonds. The Hall–Kier alpha value is -2.74. The van der Waals surface area contributed by atoms with E-state index in [-0.39, 0.29) is 12.1 Å². The zero-order valence-corrected chi connectivity index (χ0v) is 13.6. The van der Waals surface area contributed by atoms with Crippen LogP contribution >= 0.6 is 11.5 Å². The van der Waals surface area contributed by atoms with E-state index in [1.165, 1.54) is 23.7 Å². The molecule has 1 N–H and O–H groups in total. The molecule has 0 aliphatic carbocycles. The number of nitrogens with zero attached hydrogens (tertiary/aromatic N) is 2. The Morgan fingerprint density at radius 2 is 1.80 bits per heavy atom. The Morgan fingerprint density at radius 1 is 1.08 bits per heavy atom. The van der Waals surface area contributed by atoms with Crippen molar-refractivity contribution in [3.8, 4) is 11.3 Å². The normalized spacial score (nSPS) is 11.3. The van der Waals surface area contributed by atoms with E-state index in [0.717, 1.165) is 29.0 Å². The van der Waals surface area contributed by atoms with E-state index in [4.69, 9.17) is 0 Å². The van der Waals surface area contributed by atoms with Gasteiger partial charge in [0.1, 0.15) is 5.69 Å². The zero-order valence-electron chi connectivity index (χ0n) is 12.7. The molecule has 0 atom stereocenters. The number of benzene rings is 2. The van der Waals surface area contributed by atoms with Crippen LogP contribution in [0.25, 0.3) is 11.3 Å². The van der Waals surface area contributed by atoms with E-state index >= 15 is 0 Å². The molecule has 0 bridgehead atoms. The topological polar surface area (TPSA) is 54.9 Å². The van der Waals surface area contributed by atoms with Crippen LogP contribution in [0.3, 0.4) is 0 Å². The van der Waals surface area contributed by atoms with Gasteiger partial charge in [0, 0.05) is 17.5 Å². The number of halogens is 3. The van der Waals surface area contributed by atoms with Gasteiger partial charge in [0.2, 0.25) is 0 Å². The maximum Gasteiger partial charge on any atom is 0.417 e. The van der Waals surface area contributed by atoms with Crippen molar-refractivity contribution in [1.82, 2.24) is 14.9 Å². The lowest BCUT2D eigenvalue weighted by Gasteiger charge is -2.12. The molecule has 3 aromatic rings. The summed E-state index contributed by atoms with van der Waals surface area (Å²) in [6.07, 6.45) is -4.57. The fraction of sp³-hybridized carbons (Fsp3) is 0.118. The minimum absolute atomic E-state index is 0.126. The molecule has 0 saturated heterocycles. The molecule has 0 aliphatic rings. The Bertz CT molecular complexity index is 862. The first-order valence-electron chi connectivity index (χ1n) is 7.26. The second-order valence-corrected chi connectivity index (χ2v) is 5.82. The molecule has 3 rings (SSSR count). The number of rotatable bonds is 4. The summed E-state index contributed by atoms with van der Waals surface area (Å²) in [7, 11) is 0. The van der Waals surface area contributed by atoms with Crippen molar-refractivity contribution >= 4 is 17.4 Å². The van der Waals surface area contributed by atoms with E-state index in [1.54, 1.807) is 12.1 Å². The average Bonchev–Trinajstić information content (AvgIpc) is 3.14. The van der Waals surface area contributed by atoms with Gasteiger partial charge in [-0.1, -0.05) is 40.9 Å². The van der Waals surface area contributed by atoms with Gasteiger partial charge in [0.05, 0.1) is 11.1 Å². The Balaban J connectivity index is 1.69. The molecular formula is C17H12F3N3OS. The molecular weight excluding hydrogens is 351 g/mol. The van der Waals surface area contributed by atoms with E-state index in [9.17, 15) is 18.0 Å². The predicted octanol–water partition coefficient (Wildman–Crippen LogP) is 4.15. The van der Waals surface area contributed by atoms with Crippen LogP contribution in [-0.2, 0) is 12.7 Å². The number of amides is 1. The fourth-order valence-corrected chi connectivity index (χ4v) is 2.75. The van der Waals surface area contributed by atoms with Crippen LogP contribution < -0.4 is 5.32 Å². The largest absolute Gasteiger partial charge is 0.417 e. The number of alkyl halides is 3. The van der Waals surface area contributed by atoms with E-state index in [1.807, 2.05) is 17.5 Å². The molecule has 0 radical (unpaired) electrons. The van der Waals surface area contributed by atoms with Crippen molar-refractivity contribution in [1.29, 1.82) is 0 Å². The van der Waals surface area contributed by atoms with Gasteiger partial charge in [-0.05, 0) is 29.2 Å². The number of carbonyl (C=O) groups excluding carboxylic acids is 1. The minimum Gasteiger partial charge on any atom is -0.348 e. The lowest BCUT2D eigenvalue weighted by atomic mass is 10.1. The summed E-state index contributed by atoms with van der Waals surface area (Å²) in [5.74, 6) is -0.763. The summed E-state index contributed by atoms with van der Waals surface area (Å²) in [4.78, 5) is 12.1. The van der Waals surface area contributed by atoms with Crippen LogP contribution in [0.1, 0.15) is 21.5 Å². The molecule has 2 aromatic carbocycles. The quantitative estimate of drug-likeness (QED) is 0.757. The molecule has 1 aromatic heterocycles. The summed E-state index contributed by atoms with van der Waals surface area (Å²) in [6.45, 7) is 0.126. The molecule has 4 nitrogen and oxygen atoms in total. The number of carbonyl (C=O) groups is 1. The van der Waals surface area contributed by atoms with Gasteiger partial charge in [-0.2, -0.15) is 13.2 Å². The molecule has 0 spiro atoms. The standard InChI is InChI=1S/C17H12F3N3OS/c18-17(19,20)14-4-2-1-3-13(14)16(24)21-9-11-5-7-12(8-6-11)15-10-25-23-22-15/h1-8,10H,9H2,(H,21,24). The third kappa shape index (κ3) is 4.03. The lowest BCUT2D eigenvalue weighted by molar-refractivity contribution is -0.137. The third-order valence-electron chi connectivity index (χ3n) is 3.54. The van der Waals surface area contributed by atoms with Gasteiger partial charge in [0.15, 0.2) is 0 Å². The first-order valence-corrected chi connectivity index (χ1v) is 8.09. The van der Waals surface area contributed by atoms with Crippen molar-refractivity contribution in [3.63, 3.8) is 0 Å². The lowest BCUT2D eigenvalue weighted by Crippen LogP contribution is -2.25. The first-order chi connectivity index (χ1) is 11.9. The van der Waals surface area contributed by atoms with E-state index < -0.39 is 17.6 Å². The van der Waals surface area contributed by atoms with Gasteiger partial charge < -0.3 is 5.32 Å². The number of hydrogen-bond donors (Lipinski definition) is 1. The zero-order chi connectivity index (χ0) is 17.9. The fourth-order valence-electron chi connectivity index (χ4n) is 2.29. The van der Waals surface area contributed by atoms with Gasteiger partial charge >= 0.3 is 6.18 Å². The average molecular weight is 363 g/mol. The van der Waals surface area contributed by atoms with Gasteiger partial charge in [-0.15, -0.1) is 5.10 Å². The van der Waals surface area contributed by atoms with Crippen LogP contribution in [0, 0.1) is 0 Å². The van der Waals surface area contributed by atoms with Crippen molar-refractivity contribution in [2.24, 2.45) is 0 Å². The van der Waals surface area contributed by atoms with Gasteiger partial charge in [-0.25, -0.2) is 0 Å². The van der Waals surface area contributed by atoms with Crippen LogP contribution in [0.15, 0.2) is 53.9 Å². The molecule has 128 valence electrons. The van der Waals surface area contributed by atoms with Gasteiger partial charge in [0.25, 0.3) is 5.91 Å². The second-order valence-electron chi connectivity index (χ2n) is 5.21. The Kier molecular flexibility index (Phi) is 4.80. The Labute approximate surface area is 145 Å². The monoisotopic (exact) mass is 363 g/mol. The van der Waals surface area contributed by atoms with Crippen LogP contribution in [0.2, 0.25) is 0 Å². The van der Waals surface area contributed by atoms with Crippen LogP contribution in [0.4, 0.5) is 13.2 Å². The Morgan fingerprint density at radius 3 is 2.44 bits per heavy atom. The molecule has 8 heteroatoms. The summed E-state index contributed by atoms with van der Waals surface area (Å²) in [5.41, 5.74) is 1.06. The highest BCUT2D eigenvalue weighted by atomic mass is 32.1. The van der Waals surface area contributed by atoms with E-state index in [2.05, 4.69) is 14.9 Å². The van der Waals surface area contributed by atoms with Crippen molar-refractivity contribution < 1.29 is 18.0 Å². The molecule has 25 heavy (non-hydrogen) atoms. The summed E-state index contributed by atoms with van der Waals surface area (Å²) >= 11 is 1.24. The second kappa shape index (κ2) is 7.02. The maximum atomic E-state index is 13.0. The highest BCUT2D eigenvalue weighted by Gasteiger charge is 2.34. The summed E-state index contributed by atoms with van der Waals surface area (Å²) in [5, 5.41) is 8.28. The number of aromatic nitrogens is 2. The maximum absolute atomic E-state index is 13.0. The highest BCUT2D eigenvalue weighted by Crippen LogP contribution is 2.31. The number of nitrogens with one attached hydrogen (secondary N) is 1. The molecule has 0 fully saturated rings. The number of hydrogen-bond acceptors (Lipinski definition) is 4. The van der Waals surface area contributed by atoms with Crippen molar-refractivity contribution in [2.45, 2.75) is 12.7 Å². The first kappa shape index (κ1) is 17.1. The molecule has 1 heterocycles. The van der Waals surface area contributed by atoms with Crippen LogP contribution in [-0.4, -0.2) is 15.5 Å². The smallest absolute Gasteiger partial charge is 0.348 e. The SMILES string of the molecule is O=C(NCc1ccc(-c2csnn2)cc1)c1ccccc1C(F)(F)F. The highest BCUT2D eigenvalue weighted by molar-refractivity contribution is 7.03. The summed E-state index contributed by atoms with van der Waals surface area (Å²) < 4.78 is 42.7. The molecule has 0 unspecified atom stereocenters. The van der Waals surface area contributed by atoms with E-state index in [0.29, 0.717) is 0 Å². The summed E-state index contributed by atoms with van der Waals surface area (Å²) in [6, 6.07) is 11.9. The van der Waals surface area contributed by atoms with Crippen molar-refractivity contribution in [3.05, 3.63) is 70.6 Å². The van der Waals surface area contributed by atoms with Crippen molar-refractivity contribution in [2.75, 3.05) is 0 Å². The van der Waals surface area contributed by atoms with Gasteiger partial charge in [-0.3, -0.25) is 4.79 Å². The molecule has 0 aliphatic heterocycles. The third-order valence-corrected chi connectivity index (χ3v) is 4.04. The minimum atomic E-state index is -4.57.